The first-order valence-corrected chi connectivity index (χ1v) is 12.4. The highest BCUT2D eigenvalue weighted by molar-refractivity contribution is 6.36. The van der Waals surface area contributed by atoms with Gasteiger partial charge in [0.1, 0.15) is 17.2 Å². The first-order chi connectivity index (χ1) is 17.4. The van der Waals surface area contributed by atoms with Gasteiger partial charge < -0.3 is 9.80 Å². The molecule has 0 bridgehead atoms. The van der Waals surface area contributed by atoms with Gasteiger partial charge in [-0.2, -0.15) is 0 Å². The molecule has 1 fully saturated rings. The number of carbonyl (C=O) groups is 1. The highest BCUT2D eigenvalue weighted by Gasteiger charge is 2.26. The molecule has 0 saturated carbocycles. The summed E-state index contributed by atoms with van der Waals surface area (Å²) < 4.78 is 0. The SMILES string of the molecule is Cc1cccnc1C(=O)N1CCN(c2cnc(-c3ccc(Cl)cc3Cl)c(-c3ccncc3Cl)n2)CC1. The normalized spacial score (nSPS) is 13.7. The number of halogens is 3. The third-order valence-electron chi connectivity index (χ3n) is 6.08. The number of nitrogens with zero attached hydrogens (tertiary/aromatic N) is 6. The highest BCUT2D eigenvalue weighted by Crippen LogP contribution is 2.38. The van der Waals surface area contributed by atoms with Crippen LogP contribution >= 0.6 is 34.8 Å². The van der Waals surface area contributed by atoms with E-state index in [1.165, 1.54) is 0 Å². The predicted octanol–water partition coefficient (Wildman–Crippen LogP) is 5.83. The maximum absolute atomic E-state index is 13.0. The van der Waals surface area contributed by atoms with Crippen molar-refractivity contribution in [1.82, 2.24) is 24.8 Å². The minimum Gasteiger partial charge on any atom is -0.352 e. The number of anilines is 1. The van der Waals surface area contributed by atoms with Crippen molar-refractivity contribution < 1.29 is 4.79 Å². The van der Waals surface area contributed by atoms with E-state index in [-0.39, 0.29) is 5.91 Å². The van der Waals surface area contributed by atoms with Crippen LogP contribution in [0, 0.1) is 6.92 Å². The van der Waals surface area contributed by atoms with Gasteiger partial charge in [0.15, 0.2) is 0 Å². The number of amides is 1. The van der Waals surface area contributed by atoms with Crippen molar-refractivity contribution in [3.63, 3.8) is 0 Å². The topological polar surface area (TPSA) is 75.1 Å². The van der Waals surface area contributed by atoms with E-state index in [1.807, 2.05) is 30.0 Å². The second-order valence-corrected chi connectivity index (χ2v) is 9.60. The lowest BCUT2D eigenvalue weighted by molar-refractivity contribution is 0.0740. The average molecular weight is 540 g/mol. The van der Waals surface area contributed by atoms with Gasteiger partial charge in [-0.1, -0.05) is 40.9 Å². The Labute approximate surface area is 223 Å². The fourth-order valence-electron chi connectivity index (χ4n) is 4.16. The third kappa shape index (κ3) is 4.87. The van der Waals surface area contributed by atoms with Crippen LogP contribution in [0.1, 0.15) is 16.1 Å². The number of benzene rings is 1. The lowest BCUT2D eigenvalue weighted by atomic mass is 10.0. The Hall–Kier alpha value is -3.26. The number of pyridine rings is 2. The Balaban J connectivity index is 1.45. The van der Waals surface area contributed by atoms with Gasteiger partial charge in [0.25, 0.3) is 5.91 Å². The molecule has 0 radical (unpaired) electrons. The third-order valence-corrected chi connectivity index (χ3v) is 6.93. The highest BCUT2D eigenvalue weighted by atomic mass is 35.5. The van der Waals surface area contributed by atoms with Crippen LogP contribution < -0.4 is 4.90 Å². The zero-order valence-electron chi connectivity index (χ0n) is 19.3. The van der Waals surface area contributed by atoms with Crippen molar-refractivity contribution in [3.8, 4) is 22.5 Å². The molecule has 0 spiro atoms. The number of rotatable bonds is 4. The van der Waals surface area contributed by atoms with Crippen molar-refractivity contribution in [3.05, 3.63) is 87.5 Å². The Morgan fingerprint density at radius 1 is 0.861 bits per heavy atom. The van der Waals surface area contributed by atoms with Gasteiger partial charge in [0, 0.05) is 60.9 Å². The summed E-state index contributed by atoms with van der Waals surface area (Å²) in [6, 6.07) is 10.8. The Morgan fingerprint density at radius 3 is 2.36 bits per heavy atom. The van der Waals surface area contributed by atoms with Crippen molar-refractivity contribution in [1.29, 1.82) is 0 Å². The summed E-state index contributed by atoms with van der Waals surface area (Å²) in [4.78, 5) is 35.0. The van der Waals surface area contributed by atoms with E-state index >= 15 is 0 Å². The Bertz CT molecular complexity index is 1440. The van der Waals surface area contributed by atoms with Crippen LogP contribution in [0.4, 0.5) is 5.82 Å². The standard InChI is InChI=1S/C26H21Cl3N6O/c1-16-3-2-7-31-23(16)26(36)35-11-9-34(10-12-35)22-15-32-24(18-5-4-17(27)13-20(18)28)25(33-22)19-6-8-30-14-21(19)29/h2-8,13-15H,9-12H2,1H3. The molecule has 1 aromatic carbocycles. The molecule has 1 saturated heterocycles. The molecule has 7 nitrogen and oxygen atoms in total. The lowest BCUT2D eigenvalue weighted by Gasteiger charge is -2.35. The van der Waals surface area contributed by atoms with Crippen LogP contribution in [0.15, 0.2) is 61.2 Å². The van der Waals surface area contributed by atoms with Crippen LogP contribution in [0.25, 0.3) is 22.5 Å². The van der Waals surface area contributed by atoms with Gasteiger partial charge in [-0.25, -0.2) is 4.98 Å². The van der Waals surface area contributed by atoms with Crippen molar-refractivity contribution in [2.75, 3.05) is 31.1 Å². The summed E-state index contributed by atoms with van der Waals surface area (Å²) in [6.45, 7) is 4.21. The van der Waals surface area contributed by atoms with Gasteiger partial charge in [0.05, 0.1) is 21.9 Å². The molecular formula is C26H21Cl3N6O. The van der Waals surface area contributed by atoms with Crippen LogP contribution in [0.2, 0.25) is 15.1 Å². The van der Waals surface area contributed by atoms with Crippen molar-refractivity contribution in [2.24, 2.45) is 0 Å². The zero-order valence-corrected chi connectivity index (χ0v) is 21.6. The second kappa shape index (κ2) is 10.4. The maximum atomic E-state index is 13.0. The smallest absolute Gasteiger partial charge is 0.272 e. The molecular weight excluding hydrogens is 519 g/mol. The molecule has 0 unspecified atom stereocenters. The van der Waals surface area contributed by atoms with Crippen molar-refractivity contribution >= 4 is 46.5 Å². The van der Waals surface area contributed by atoms with E-state index in [2.05, 4.69) is 14.9 Å². The lowest BCUT2D eigenvalue weighted by Crippen LogP contribution is -2.49. The molecule has 36 heavy (non-hydrogen) atoms. The minimum absolute atomic E-state index is 0.0594. The van der Waals surface area contributed by atoms with Gasteiger partial charge in [-0.05, 0) is 42.8 Å². The molecule has 0 atom stereocenters. The molecule has 1 aliphatic rings. The maximum Gasteiger partial charge on any atom is 0.272 e. The molecule has 0 N–H and O–H groups in total. The number of aryl methyl sites for hydroxylation is 1. The van der Waals surface area contributed by atoms with E-state index in [0.29, 0.717) is 75.3 Å². The van der Waals surface area contributed by atoms with E-state index in [1.54, 1.807) is 43.0 Å². The second-order valence-electron chi connectivity index (χ2n) is 8.35. The number of carbonyl (C=O) groups excluding carboxylic acids is 1. The van der Waals surface area contributed by atoms with Gasteiger partial charge in [-0.3, -0.25) is 19.7 Å². The fourth-order valence-corrected chi connectivity index (χ4v) is 4.87. The quantitative estimate of drug-likeness (QED) is 0.325. The molecule has 10 heteroatoms. The zero-order chi connectivity index (χ0) is 25.2. The molecule has 3 aromatic heterocycles. The van der Waals surface area contributed by atoms with E-state index in [0.717, 1.165) is 5.56 Å². The molecule has 1 aliphatic heterocycles. The minimum atomic E-state index is -0.0594. The van der Waals surface area contributed by atoms with Gasteiger partial charge in [-0.15, -0.1) is 0 Å². The summed E-state index contributed by atoms with van der Waals surface area (Å²) >= 11 is 19.1. The molecule has 5 rings (SSSR count). The van der Waals surface area contributed by atoms with Crippen molar-refractivity contribution in [2.45, 2.75) is 6.92 Å². The fraction of sp³-hybridized carbons (Fsp3) is 0.192. The monoisotopic (exact) mass is 538 g/mol. The largest absolute Gasteiger partial charge is 0.352 e. The summed E-state index contributed by atoms with van der Waals surface area (Å²) in [5, 5.41) is 1.45. The first kappa shape index (κ1) is 24.4. The summed E-state index contributed by atoms with van der Waals surface area (Å²) in [5.41, 5.74) is 3.93. The summed E-state index contributed by atoms with van der Waals surface area (Å²) in [5.74, 6) is 0.628. The molecule has 4 heterocycles. The number of hydrogen-bond acceptors (Lipinski definition) is 6. The average Bonchev–Trinajstić information content (AvgIpc) is 2.89. The summed E-state index contributed by atoms with van der Waals surface area (Å²) in [6.07, 6.45) is 6.60. The van der Waals surface area contributed by atoms with Crippen LogP contribution in [-0.2, 0) is 0 Å². The number of hydrogen-bond donors (Lipinski definition) is 0. The molecule has 4 aromatic rings. The van der Waals surface area contributed by atoms with Crippen LogP contribution in [0.3, 0.4) is 0 Å². The first-order valence-electron chi connectivity index (χ1n) is 11.3. The van der Waals surface area contributed by atoms with Crippen LogP contribution in [0.5, 0.6) is 0 Å². The van der Waals surface area contributed by atoms with E-state index in [9.17, 15) is 4.79 Å². The van der Waals surface area contributed by atoms with E-state index < -0.39 is 0 Å². The molecule has 0 aliphatic carbocycles. The Morgan fingerprint density at radius 2 is 1.64 bits per heavy atom. The van der Waals surface area contributed by atoms with Gasteiger partial charge in [0.2, 0.25) is 0 Å². The molecule has 182 valence electrons. The van der Waals surface area contributed by atoms with Crippen LogP contribution in [-0.4, -0.2) is 56.9 Å². The Kier molecular flexibility index (Phi) is 7.05. The van der Waals surface area contributed by atoms with Gasteiger partial charge >= 0.3 is 0 Å². The van der Waals surface area contributed by atoms with E-state index in [4.69, 9.17) is 44.8 Å². The number of piperazine rings is 1. The summed E-state index contributed by atoms with van der Waals surface area (Å²) in [7, 11) is 0. The predicted molar refractivity (Wildman–Crippen MR) is 143 cm³/mol. The molecule has 1 amide bonds. The number of aromatic nitrogens is 4.